The van der Waals surface area contributed by atoms with Crippen molar-refractivity contribution in [3.63, 3.8) is 0 Å². The van der Waals surface area contributed by atoms with Crippen LogP contribution in [0.1, 0.15) is 6.92 Å². The van der Waals surface area contributed by atoms with Gasteiger partial charge in [0.15, 0.2) is 5.71 Å². The van der Waals surface area contributed by atoms with Gasteiger partial charge in [0.2, 0.25) is 0 Å². The summed E-state index contributed by atoms with van der Waals surface area (Å²) in [6, 6.07) is 0. The van der Waals surface area contributed by atoms with Gasteiger partial charge in [0.1, 0.15) is 14.1 Å². The van der Waals surface area contributed by atoms with E-state index in [0.29, 0.717) is 0 Å². The van der Waals surface area contributed by atoms with Gasteiger partial charge in [-0.2, -0.15) is 0 Å². The Kier molecular flexibility index (Phi) is 3.76. The first kappa shape index (κ1) is 8.21. The number of hydrogen-bond acceptors (Lipinski definition) is 1. The molecule has 2 nitrogen and oxygen atoms in total. The molecule has 2 heteroatoms. The smallest absolute Gasteiger partial charge is 0.173 e. The minimum Gasteiger partial charge on any atom is -0.394 e. The Balaban J connectivity index is 3.91. The first-order valence-corrected chi connectivity index (χ1v) is 3.03. The number of rotatable bonds is 2. The van der Waals surface area contributed by atoms with Crippen LogP contribution >= 0.6 is 0 Å². The third-order valence-corrected chi connectivity index (χ3v) is 1.20. The molecule has 0 fully saturated rings. The third kappa shape index (κ3) is 3.76. The Labute approximate surface area is 56.9 Å². The lowest BCUT2D eigenvalue weighted by atomic mass is 10.4. The molecule has 0 radical (unpaired) electrons. The first-order valence-electron chi connectivity index (χ1n) is 3.03. The predicted molar refractivity (Wildman–Crippen MR) is 41.0 cm³/mol. The number of hydrogen-bond donors (Lipinski definition) is 1. The molecule has 0 rings (SSSR count). The van der Waals surface area contributed by atoms with E-state index in [1.807, 2.05) is 33.4 Å². The molecule has 0 aromatic heterocycles. The van der Waals surface area contributed by atoms with Gasteiger partial charge in [0.25, 0.3) is 0 Å². The normalized spacial score (nSPS) is 9.78. The van der Waals surface area contributed by atoms with Crippen LogP contribution in [0.15, 0.2) is 12.3 Å². The van der Waals surface area contributed by atoms with E-state index in [0.717, 1.165) is 0 Å². The molecule has 0 amide bonds. The maximum Gasteiger partial charge on any atom is 0.173 e. The SMILES string of the molecule is CNC=CC(C)=[N+](C)C. The van der Waals surface area contributed by atoms with E-state index >= 15 is 0 Å². The van der Waals surface area contributed by atoms with E-state index < -0.39 is 0 Å². The van der Waals surface area contributed by atoms with Crippen LogP contribution in [0.2, 0.25) is 0 Å². The quantitative estimate of drug-likeness (QED) is 0.420. The Hall–Kier alpha value is -0.790. The van der Waals surface area contributed by atoms with Crippen molar-refractivity contribution in [2.75, 3.05) is 21.1 Å². The molecule has 0 aromatic rings. The lowest BCUT2D eigenvalue weighted by molar-refractivity contribution is -0.464. The minimum absolute atomic E-state index is 1.24. The van der Waals surface area contributed by atoms with Gasteiger partial charge in [-0.3, -0.25) is 0 Å². The van der Waals surface area contributed by atoms with Crippen LogP contribution in [0.5, 0.6) is 0 Å². The van der Waals surface area contributed by atoms with Crippen molar-refractivity contribution >= 4 is 5.71 Å². The summed E-state index contributed by atoms with van der Waals surface area (Å²) in [6.07, 6.45) is 3.94. The van der Waals surface area contributed by atoms with E-state index in [1.165, 1.54) is 5.71 Å². The van der Waals surface area contributed by atoms with Gasteiger partial charge in [0.05, 0.1) is 0 Å². The average molecular weight is 127 g/mol. The van der Waals surface area contributed by atoms with Crippen LogP contribution < -0.4 is 5.32 Å². The second kappa shape index (κ2) is 4.13. The predicted octanol–water partition coefficient (Wildman–Crippen LogP) is 0.452. The highest BCUT2D eigenvalue weighted by Crippen LogP contribution is 1.74. The maximum atomic E-state index is 2.93. The largest absolute Gasteiger partial charge is 0.394 e. The van der Waals surface area contributed by atoms with Crippen molar-refractivity contribution < 1.29 is 4.58 Å². The topological polar surface area (TPSA) is 15.0 Å². The Morgan fingerprint density at radius 3 is 2.33 bits per heavy atom. The van der Waals surface area contributed by atoms with Crippen molar-refractivity contribution in [2.24, 2.45) is 0 Å². The van der Waals surface area contributed by atoms with Crippen molar-refractivity contribution in [3.8, 4) is 0 Å². The summed E-state index contributed by atoms with van der Waals surface area (Å²) in [5.41, 5.74) is 1.24. The zero-order chi connectivity index (χ0) is 7.28. The summed E-state index contributed by atoms with van der Waals surface area (Å²) < 4.78 is 2.06. The van der Waals surface area contributed by atoms with Crippen molar-refractivity contribution in [1.82, 2.24) is 5.32 Å². The summed E-state index contributed by atoms with van der Waals surface area (Å²) in [5.74, 6) is 0. The molecule has 0 saturated carbocycles. The van der Waals surface area contributed by atoms with Crippen molar-refractivity contribution in [3.05, 3.63) is 12.3 Å². The maximum absolute atomic E-state index is 2.93. The highest BCUT2D eigenvalue weighted by Gasteiger charge is 1.89. The molecule has 0 bridgehead atoms. The molecular formula is C7H15N2+. The molecule has 0 unspecified atom stereocenters. The molecule has 0 saturated heterocycles. The molecule has 52 valence electrons. The van der Waals surface area contributed by atoms with Crippen molar-refractivity contribution in [2.45, 2.75) is 6.92 Å². The van der Waals surface area contributed by atoms with Crippen LogP contribution in [0, 0.1) is 0 Å². The molecule has 0 aliphatic rings. The third-order valence-electron chi connectivity index (χ3n) is 1.20. The summed E-state index contributed by atoms with van der Waals surface area (Å²) in [7, 11) is 5.93. The van der Waals surface area contributed by atoms with Crippen LogP contribution in [0.25, 0.3) is 0 Å². The fourth-order valence-corrected chi connectivity index (χ4v) is 0.353. The summed E-state index contributed by atoms with van der Waals surface area (Å²) in [6.45, 7) is 2.06. The average Bonchev–Trinajstić information content (AvgIpc) is 1.82. The first-order chi connectivity index (χ1) is 4.18. The summed E-state index contributed by atoms with van der Waals surface area (Å²) >= 11 is 0. The van der Waals surface area contributed by atoms with Crippen LogP contribution in [-0.2, 0) is 0 Å². The number of allylic oxidation sites excluding steroid dienone is 1. The van der Waals surface area contributed by atoms with Gasteiger partial charge in [-0.1, -0.05) is 0 Å². The molecule has 0 heterocycles. The zero-order valence-corrected chi connectivity index (χ0v) is 6.60. The van der Waals surface area contributed by atoms with Gasteiger partial charge in [0, 0.05) is 26.2 Å². The second-order valence-electron chi connectivity index (χ2n) is 2.16. The highest BCUT2D eigenvalue weighted by molar-refractivity contribution is 5.88. The van der Waals surface area contributed by atoms with Crippen molar-refractivity contribution in [1.29, 1.82) is 0 Å². The molecule has 0 atom stereocenters. The molecule has 0 aliphatic carbocycles. The standard InChI is InChI=1S/C7H14N2/c1-7(9(3)4)5-6-8-2/h5-6H,1-4H3/p+1. The fourth-order valence-electron chi connectivity index (χ4n) is 0.353. The minimum atomic E-state index is 1.24. The summed E-state index contributed by atoms with van der Waals surface area (Å²) in [5, 5.41) is 2.93. The van der Waals surface area contributed by atoms with Crippen LogP contribution in [0.3, 0.4) is 0 Å². The summed E-state index contributed by atoms with van der Waals surface area (Å²) in [4.78, 5) is 0. The van der Waals surface area contributed by atoms with Crippen LogP contribution in [-0.4, -0.2) is 31.4 Å². The number of nitrogens with one attached hydrogen (secondary N) is 1. The lowest BCUT2D eigenvalue weighted by Gasteiger charge is -1.88. The number of nitrogens with zero attached hydrogens (tertiary/aromatic N) is 1. The molecule has 0 aliphatic heterocycles. The van der Waals surface area contributed by atoms with Gasteiger partial charge >= 0.3 is 0 Å². The van der Waals surface area contributed by atoms with Crippen LogP contribution in [0.4, 0.5) is 0 Å². The molecule has 0 aromatic carbocycles. The molecule has 0 spiro atoms. The lowest BCUT2D eigenvalue weighted by Crippen LogP contribution is -2.07. The van der Waals surface area contributed by atoms with Gasteiger partial charge in [-0.15, -0.1) is 0 Å². The Morgan fingerprint density at radius 1 is 1.44 bits per heavy atom. The van der Waals surface area contributed by atoms with E-state index in [9.17, 15) is 0 Å². The molecule has 9 heavy (non-hydrogen) atoms. The van der Waals surface area contributed by atoms with E-state index in [-0.39, 0.29) is 0 Å². The van der Waals surface area contributed by atoms with E-state index in [2.05, 4.69) is 16.8 Å². The van der Waals surface area contributed by atoms with Gasteiger partial charge in [-0.05, 0) is 0 Å². The van der Waals surface area contributed by atoms with E-state index in [4.69, 9.17) is 0 Å². The Bertz CT molecular complexity index is 130. The van der Waals surface area contributed by atoms with Gasteiger partial charge in [-0.25, -0.2) is 4.58 Å². The highest BCUT2D eigenvalue weighted by atomic mass is 14.9. The van der Waals surface area contributed by atoms with Gasteiger partial charge < -0.3 is 5.32 Å². The Morgan fingerprint density at radius 2 is 2.00 bits per heavy atom. The fraction of sp³-hybridized carbons (Fsp3) is 0.571. The second-order valence-corrected chi connectivity index (χ2v) is 2.16. The molecular weight excluding hydrogens is 112 g/mol. The van der Waals surface area contributed by atoms with E-state index in [1.54, 1.807) is 0 Å². The zero-order valence-electron chi connectivity index (χ0n) is 6.60. The molecule has 1 N–H and O–H groups in total. The monoisotopic (exact) mass is 127 g/mol.